The van der Waals surface area contributed by atoms with Crippen LogP contribution >= 0.6 is 34.2 Å². The Morgan fingerprint density at radius 1 is 0.966 bits per heavy atom. The van der Waals surface area contributed by atoms with Gasteiger partial charge in [-0.15, -0.1) is 0 Å². The van der Waals surface area contributed by atoms with Crippen LogP contribution in [0.15, 0.2) is 60.7 Å². The average molecular weight is 524 g/mol. The van der Waals surface area contributed by atoms with Crippen molar-refractivity contribution in [2.75, 3.05) is 19.0 Å². The second kappa shape index (κ2) is 10.6. The van der Waals surface area contributed by atoms with Gasteiger partial charge in [0.2, 0.25) is 0 Å². The first-order chi connectivity index (χ1) is 14.1. The Balaban J connectivity index is 1.67. The lowest BCUT2D eigenvalue weighted by Gasteiger charge is -2.15. The van der Waals surface area contributed by atoms with Gasteiger partial charge in [0.1, 0.15) is 12.4 Å². The zero-order chi connectivity index (χ0) is 20.6. The van der Waals surface area contributed by atoms with E-state index in [2.05, 4.69) is 34.0 Å². The van der Waals surface area contributed by atoms with Crippen LogP contribution in [0.4, 0.5) is 5.69 Å². The Labute approximate surface area is 190 Å². The third kappa shape index (κ3) is 6.18. The Morgan fingerprint density at radius 2 is 1.76 bits per heavy atom. The summed E-state index contributed by atoms with van der Waals surface area (Å²) in [5.41, 5.74) is 3.15. The highest BCUT2D eigenvalue weighted by molar-refractivity contribution is 14.1. The van der Waals surface area contributed by atoms with E-state index in [1.165, 1.54) is 0 Å². The van der Waals surface area contributed by atoms with Gasteiger partial charge in [-0.1, -0.05) is 23.7 Å². The van der Waals surface area contributed by atoms with Crippen LogP contribution in [0.2, 0.25) is 5.02 Å². The summed E-state index contributed by atoms with van der Waals surface area (Å²) in [6.45, 7) is 3.74. The summed E-state index contributed by atoms with van der Waals surface area (Å²) < 4.78 is 18.1. The molecule has 0 radical (unpaired) electrons. The number of methoxy groups -OCH3 is 1. The van der Waals surface area contributed by atoms with Crippen LogP contribution in [0.25, 0.3) is 0 Å². The minimum Gasteiger partial charge on any atom is -0.494 e. The maximum atomic E-state index is 6.05. The molecule has 0 amide bonds. The van der Waals surface area contributed by atoms with Crippen LogP contribution in [0.3, 0.4) is 0 Å². The van der Waals surface area contributed by atoms with Crippen molar-refractivity contribution in [3.05, 3.63) is 80.4 Å². The minimum atomic E-state index is 0.427. The second-order valence-electron chi connectivity index (χ2n) is 6.34. The number of benzene rings is 3. The van der Waals surface area contributed by atoms with Gasteiger partial charge in [-0.3, -0.25) is 0 Å². The van der Waals surface area contributed by atoms with Gasteiger partial charge in [0.25, 0.3) is 0 Å². The molecule has 0 fully saturated rings. The van der Waals surface area contributed by atoms with Gasteiger partial charge in [-0.05, 0) is 89.2 Å². The van der Waals surface area contributed by atoms with Gasteiger partial charge in [0.05, 0.1) is 17.3 Å². The van der Waals surface area contributed by atoms with Crippen LogP contribution in [-0.2, 0) is 13.2 Å². The normalized spacial score (nSPS) is 10.5. The first-order valence-corrected chi connectivity index (χ1v) is 10.7. The maximum Gasteiger partial charge on any atom is 0.174 e. The molecule has 152 valence electrons. The first kappa shape index (κ1) is 21.6. The smallest absolute Gasteiger partial charge is 0.174 e. The quantitative estimate of drug-likeness (QED) is 0.323. The summed E-state index contributed by atoms with van der Waals surface area (Å²) in [4.78, 5) is 0. The molecule has 0 atom stereocenters. The zero-order valence-corrected chi connectivity index (χ0v) is 19.3. The van der Waals surface area contributed by atoms with E-state index in [1.807, 2.05) is 61.5 Å². The molecule has 0 spiro atoms. The summed E-state index contributed by atoms with van der Waals surface area (Å²) in [5.74, 6) is 2.32. The molecule has 3 rings (SSSR count). The summed E-state index contributed by atoms with van der Waals surface area (Å²) in [6.07, 6.45) is 0. The van der Waals surface area contributed by atoms with E-state index in [9.17, 15) is 0 Å². The van der Waals surface area contributed by atoms with E-state index in [1.54, 1.807) is 7.11 Å². The topological polar surface area (TPSA) is 39.7 Å². The number of halogens is 2. The number of anilines is 1. The molecule has 0 heterocycles. The third-order valence-corrected chi connectivity index (χ3v) is 5.26. The predicted octanol–water partition coefficient (Wildman–Crippen LogP) is 6.54. The van der Waals surface area contributed by atoms with Gasteiger partial charge in [-0.2, -0.15) is 0 Å². The lowest BCUT2D eigenvalue weighted by molar-refractivity contribution is 0.282. The second-order valence-corrected chi connectivity index (χ2v) is 7.94. The number of rotatable bonds is 9. The van der Waals surface area contributed by atoms with Gasteiger partial charge in [0.15, 0.2) is 11.5 Å². The Morgan fingerprint density at radius 3 is 2.45 bits per heavy atom. The summed E-state index contributed by atoms with van der Waals surface area (Å²) in [5, 5.41) is 4.12. The van der Waals surface area contributed by atoms with Crippen LogP contribution < -0.4 is 19.5 Å². The molecule has 0 saturated carbocycles. The van der Waals surface area contributed by atoms with Gasteiger partial charge < -0.3 is 19.5 Å². The molecular formula is C23H23ClINO3. The molecule has 4 nitrogen and oxygen atoms in total. The highest BCUT2D eigenvalue weighted by Gasteiger charge is 2.12. The van der Waals surface area contributed by atoms with Crippen molar-refractivity contribution in [2.24, 2.45) is 0 Å². The molecule has 0 aliphatic heterocycles. The molecule has 0 bridgehead atoms. The molecule has 3 aromatic rings. The van der Waals surface area contributed by atoms with Gasteiger partial charge in [-0.25, -0.2) is 0 Å². The molecule has 1 N–H and O–H groups in total. The summed E-state index contributed by atoms with van der Waals surface area (Å²) >= 11 is 8.33. The standard InChI is InChI=1S/C23H23ClINO3/c1-3-28-20-9-7-19(8-10-20)26-14-17-12-21(25)23(22(13-17)27-2)29-15-16-5-4-6-18(24)11-16/h4-13,26H,3,14-15H2,1-2H3. The van der Waals surface area contributed by atoms with Crippen LogP contribution in [0.5, 0.6) is 17.2 Å². The highest BCUT2D eigenvalue weighted by Crippen LogP contribution is 2.35. The lowest BCUT2D eigenvalue weighted by Crippen LogP contribution is -2.04. The predicted molar refractivity (Wildman–Crippen MR) is 126 cm³/mol. The highest BCUT2D eigenvalue weighted by atomic mass is 127. The summed E-state index contributed by atoms with van der Waals surface area (Å²) in [7, 11) is 1.65. The zero-order valence-electron chi connectivity index (χ0n) is 16.4. The molecule has 0 aromatic heterocycles. The average Bonchev–Trinajstić information content (AvgIpc) is 2.72. The van der Waals surface area contributed by atoms with Crippen molar-refractivity contribution in [1.29, 1.82) is 0 Å². The lowest BCUT2D eigenvalue weighted by atomic mass is 10.2. The van der Waals surface area contributed by atoms with Gasteiger partial charge >= 0.3 is 0 Å². The van der Waals surface area contributed by atoms with Crippen molar-refractivity contribution in [1.82, 2.24) is 0 Å². The molecule has 6 heteroatoms. The van der Waals surface area contributed by atoms with Crippen LogP contribution in [0.1, 0.15) is 18.1 Å². The molecule has 0 aliphatic carbocycles. The van der Waals surface area contributed by atoms with E-state index in [-0.39, 0.29) is 0 Å². The van der Waals surface area contributed by atoms with E-state index in [0.29, 0.717) is 30.5 Å². The summed E-state index contributed by atoms with van der Waals surface area (Å²) in [6, 6.07) is 19.7. The van der Waals surface area contributed by atoms with E-state index in [0.717, 1.165) is 31.9 Å². The Bertz CT molecular complexity index is 947. The number of nitrogens with one attached hydrogen (secondary N) is 1. The van der Waals surface area contributed by atoms with Crippen molar-refractivity contribution in [2.45, 2.75) is 20.1 Å². The maximum absolute atomic E-state index is 6.05. The van der Waals surface area contributed by atoms with Crippen molar-refractivity contribution < 1.29 is 14.2 Å². The molecule has 0 saturated heterocycles. The van der Waals surface area contributed by atoms with Crippen molar-refractivity contribution in [3.8, 4) is 17.2 Å². The van der Waals surface area contributed by atoms with E-state index >= 15 is 0 Å². The van der Waals surface area contributed by atoms with E-state index in [4.69, 9.17) is 25.8 Å². The van der Waals surface area contributed by atoms with Gasteiger partial charge in [0, 0.05) is 17.3 Å². The van der Waals surface area contributed by atoms with Crippen molar-refractivity contribution in [3.63, 3.8) is 0 Å². The third-order valence-electron chi connectivity index (χ3n) is 4.22. The molecule has 0 unspecified atom stereocenters. The number of hydrogen-bond donors (Lipinski definition) is 1. The van der Waals surface area contributed by atoms with Crippen LogP contribution in [-0.4, -0.2) is 13.7 Å². The molecule has 29 heavy (non-hydrogen) atoms. The Hall–Kier alpha value is -2.12. The SMILES string of the molecule is CCOc1ccc(NCc2cc(I)c(OCc3cccc(Cl)c3)c(OC)c2)cc1. The fourth-order valence-corrected chi connectivity index (χ4v) is 3.87. The van der Waals surface area contributed by atoms with Crippen molar-refractivity contribution >= 4 is 39.9 Å². The fourth-order valence-electron chi connectivity index (χ4n) is 2.84. The fraction of sp³-hybridized carbons (Fsp3) is 0.217. The van der Waals surface area contributed by atoms with E-state index < -0.39 is 0 Å². The Kier molecular flexibility index (Phi) is 7.89. The largest absolute Gasteiger partial charge is 0.494 e. The molecular weight excluding hydrogens is 501 g/mol. The first-order valence-electron chi connectivity index (χ1n) is 9.29. The number of ether oxygens (including phenoxy) is 3. The monoisotopic (exact) mass is 523 g/mol. The number of hydrogen-bond acceptors (Lipinski definition) is 4. The van der Waals surface area contributed by atoms with Crippen LogP contribution in [0, 0.1) is 3.57 Å². The minimum absolute atomic E-state index is 0.427. The molecule has 3 aromatic carbocycles. The molecule has 0 aliphatic rings.